The van der Waals surface area contributed by atoms with Gasteiger partial charge in [-0.15, -0.1) is 0 Å². The third-order valence-electron chi connectivity index (χ3n) is 3.96. The van der Waals surface area contributed by atoms with Crippen molar-refractivity contribution in [3.8, 4) is 0 Å². The molecule has 1 atom stereocenters. The maximum atomic E-state index is 12.8. The van der Waals surface area contributed by atoms with E-state index in [1.165, 1.54) is 0 Å². The molecule has 1 unspecified atom stereocenters. The van der Waals surface area contributed by atoms with Crippen molar-refractivity contribution in [3.63, 3.8) is 0 Å². The van der Waals surface area contributed by atoms with Crippen LogP contribution < -0.4 is 16.0 Å². The molecule has 0 aliphatic rings. The number of rotatable bonds is 7. The lowest BCUT2D eigenvalue weighted by Crippen LogP contribution is -2.37. The third kappa shape index (κ3) is 5.52. The molecule has 0 fully saturated rings. The highest BCUT2D eigenvalue weighted by Gasteiger charge is 2.21. The quantitative estimate of drug-likeness (QED) is 0.604. The Balaban J connectivity index is 1.67. The molecule has 136 valence electrons. The van der Waals surface area contributed by atoms with E-state index < -0.39 is 6.04 Å². The second-order valence-corrected chi connectivity index (χ2v) is 5.99. The van der Waals surface area contributed by atoms with Crippen LogP contribution in [0.25, 0.3) is 0 Å². The molecule has 0 aliphatic heterocycles. The summed E-state index contributed by atoms with van der Waals surface area (Å²) in [6.07, 6.45) is 0. The van der Waals surface area contributed by atoms with Crippen molar-refractivity contribution < 1.29 is 9.59 Å². The van der Waals surface area contributed by atoms with Crippen molar-refractivity contribution in [2.24, 2.45) is 0 Å². The molecule has 0 aliphatic carbocycles. The normalized spacial score (nSPS) is 11.4. The van der Waals surface area contributed by atoms with Gasteiger partial charge in [-0.2, -0.15) is 0 Å². The molecule has 27 heavy (non-hydrogen) atoms. The first-order chi connectivity index (χ1) is 13.2. The largest absolute Gasteiger partial charge is 0.325 e. The Bertz CT molecular complexity index is 868. The van der Waals surface area contributed by atoms with Crippen LogP contribution in [0.2, 0.25) is 0 Å². The molecule has 0 spiro atoms. The predicted molar refractivity (Wildman–Crippen MR) is 107 cm³/mol. The zero-order chi connectivity index (χ0) is 18.9. The van der Waals surface area contributed by atoms with Gasteiger partial charge in [-0.3, -0.25) is 14.9 Å². The summed E-state index contributed by atoms with van der Waals surface area (Å²) in [7, 11) is 0. The standard InChI is InChI=1S/C22H21N3O2/c26-20(24-18-12-6-2-7-13-18)16-23-21(17-10-4-1-5-11-17)22(27)25-19-14-8-3-9-15-19/h1-15,21,23H,16H2,(H,24,26)(H,25,27). The third-order valence-corrected chi connectivity index (χ3v) is 3.96. The van der Waals surface area contributed by atoms with E-state index in [-0.39, 0.29) is 18.4 Å². The summed E-state index contributed by atoms with van der Waals surface area (Å²) in [6, 6.07) is 27.1. The summed E-state index contributed by atoms with van der Waals surface area (Å²) in [6.45, 7) is 0.0106. The van der Waals surface area contributed by atoms with Crippen molar-refractivity contribution >= 4 is 23.2 Å². The van der Waals surface area contributed by atoms with Crippen LogP contribution in [0.5, 0.6) is 0 Å². The molecule has 3 aromatic carbocycles. The van der Waals surface area contributed by atoms with Crippen molar-refractivity contribution in [3.05, 3.63) is 96.6 Å². The first-order valence-electron chi connectivity index (χ1n) is 8.71. The van der Waals surface area contributed by atoms with E-state index in [0.717, 1.165) is 5.56 Å². The molecule has 3 N–H and O–H groups in total. The van der Waals surface area contributed by atoms with E-state index in [1.54, 1.807) is 0 Å². The molecule has 0 heterocycles. The zero-order valence-electron chi connectivity index (χ0n) is 14.8. The molecule has 0 bridgehead atoms. The van der Waals surface area contributed by atoms with Crippen LogP contribution in [0.3, 0.4) is 0 Å². The first-order valence-corrected chi connectivity index (χ1v) is 8.71. The second-order valence-electron chi connectivity index (χ2n) is 5.99. The summed E-state index contributed by atoms with van der Waals surface area (Å²) in [5.41, 5.74) is 2.21. The number of anilines is 2. The van der Waals surface area contributed by atoms with Crippen LogP contribution in [-0.4, -0.2) is 18.4 Å². The highest BCUT2D eigenvalue weighted by Crippen LogP contribution is 2.16. The van der Waals surface area contributed by atoms with Gasteiger partial charge in [-0.1, -0.05) is 66.7 Å². The SMILES string of the molecule is O=C(CNC(C(=O)Nc1ccccc1)c1ccccc1)Nc1ccccc1. The van der Waals surface area contributed by atoms with Crippen LogP contribution in [0, 0.1) is 0 Å². The van der Waals surface area contributed by atoms with Crippen LogP contribution >= 0.6 is 0 Å². The van der Waals surface area contributed by atoms with E-state index >= 15 is 0 Å². The number of amides is 2. The minimum Gasteiger partial charge on any atom is -0.325 e. The monoisotopic (exact) mass is 359 g/mol. The van der Waals surface area contributed by atoms with Gasteiger partial charge < -0.3 is 10.6 Å². The lowest BCUT2D eigenvalue weighted by atomic mass is 10.1. The number of hydrogen-bond donors (Lipinski definition) is 3. The summed E-state index contributed by atoms with van der Waals surface area (Å²) in [4.78, 5) is 25.0. The minimum absolute atomic E-state index is 0.0106. The highest BCUT2D eigenvalue weighted by atomic mass is 16.2. The van der Waals surface area contributed by atoms with Gasteiger partial charge in [0.2, 0.25) is 11.8 Å². The van der Waals surface area contributed by atoms with Crippen molar-refractivity contribution in [1.29, 1.82) is 0 Å². The molecule has 0 saturated heterocycles. The fourth-order valence-corrected chi connectivity index (χ4v) is 2.66. The van der Waals surface area contributed by atoms with Crippen LogP contribution in [0.4, 0.5) is 11.4 Å². The maximum Gasteiger partial charge on any atom is 0.246 e. The van der Waals surface area contributed by atoms with Gasteiger partial charge in [0.05, 0.1) is 6.54 Å². The van der Waals surface area contributed by atoms with Crippen molar-refractivity contribution in [2.45, 2.75) is 6.04 Å². The van der Waals surface area contributed by atoms with Gasteiger partial charge in [-0.05, 0) is 29.8 Å². The summed E-state index contributed by atoms with van der Waals surface area (Å²) >= 11 is 0. The molecule has 0 saturated carbocycles. The summed E-state index contributed by atoms with van der Waals surface area (Å²) in [5, 5.41) is 8.74. The molecule has 3 aromatic rings. The van der Waals surface area contributed by atoms with E-state index in [1.807, 2.05) is 91.0 Å². The molecular weight excluding hydrogens is 338 g/mol. The van der Waals surface area contributed by atoms with E-state index in [9.17, 15) is 9.59 Å². The topological polar surface area (TPSA) is 70.2 Å². The first kappa shape index (κ1) is 18.4. The number of benzene rings is 3. The molecule has 0 radical (unpaired) electrons. The molecular formula is C22H21N3O2. The highest BCUT2D eigenvalue weighted by molar-refractivity contribution is 5.97. The van der Waals surface area contributed by atoms with Gasteiger partial charge in [-0.25, -0.2) is 0 Å². The van der Waals surface area contributed by atoms with Crippen molar-refractivity contribution in [2.75, 3.05) is 17.2 Å². The van der Waals surface area contributed by atoms with Gasteiger partial charge in [0.15, 0.2) is 0 Å². The fraction of sp³-hybridized carbons (Fsp3) is 0.0909. The fourth-order valence-electron chi connectivity index (χ4n) is 2.66. The van der Waals surface area contributed by atoms with Crippen LogP contribution in [-0.2, 0) is 9.59 Å². The Morgan fingerprint density at radius 3 is 1.70 bits per heavy atom. The Kier molecular flexibility index (Phi) is 6.33. The van der Waals surface area contributed by atoms with Crippen molar-refractivity contribution in [1.82, 2.24) is 5.32 Å². The van der Waals surface area contributed by atoms with Gasteiger partial charge in [0.25, 0.3) is 0 Å². The van der Waals surface area contributed by atoms with Gasteiger partial charge in [0, 0.05) is 11.4 Å². The predicted octanol–water partition coefficient (Wildman–Crippen LogP) is 3.59. The van der Waals surface area contributed by atoms with Crippen LogP contribution in [0.1, 0.15) is 11.6 Å². The maximum absolute atomic E-state index is 12.8. The van der Waals surface area contributed by atoms with E-state index in [2.05, 4.69) is 16.0 Å². The molecule has 5 nitrogen and oxygen atoms in total. The average molecular weight is 359 g/mol. The number of carbonyl (C=O) groups is 2. The Hall–Kier alpha value is -3.44. The molecule has 2 amide bonds. The Morgan fingerprint density at radius 1 is 0.667 bits per heavy atom. The summed E-state index contributed by atoms with van der Waals surface area (Å²) < 4.78 is 0. The van der Waals surface area contributed by atoms with Gasteiger partial charge >= 0.3 is 0 Å². The summed E-state index contributed by atoms with van der Waals surface area (Å²) in [5.74, 6) is -0.436. The lowest BCUT2D eigenvalue weighted by molar-refractivity contribution is -0.119. The molecule has 0 aromatic heterocycles. The van der Waals surface area contributed by atoms with E-state index in [0.29, 0.717) is 11.4 Å². The second kappa shape index (κ2) is 9.31. The number of para-hydroxylation sites is 2. The molecule has 3 rings (SSSR count). The number of hydrogen-bond acceptors (Lipinski definition) is 3. The number of carbonyl (C=O) groups excluding carboxylic acids is 2. The lowest BCUT2D eigenvalue weighted by Gasteiger charge is -2.19. The Morgan fingerprint density at radius 2 is 1.15 bits per heavy atom. The van der Waals surface area contributed by atoms with E-state index in [4.69, 9.17) is 0 Å². The Labute approximate surface area is 158 Å². The van der Waals surface area contributed by atoms with Crippen LogP contribution in [0.15, 0.2) is 91.0 Å². The molecule has 5 heteroatoms. The smallest absolute Gasteiger partial charge is 0.246 e. The average Bonchev–Trinajstić information content (AvgIpc) is 2.70. The number of nitrogens with one attached hydrogen (secondary N) is 3. The zero-order valence-corrected chi connectivity index (χ0v) is 14.8. The minimum atomic E-state index is -0.645. The van der Waals surface area contributed by atoms with Gasteiger partial charge in [0.1, 0.15) is 6.04 Å².